The van der Waals surface area contributed by atoms with Gasteiger partial charge >= 0.3 is 0 Å². The van der Waals surface area contributed by atoms with E-state index in [1.165, 1.54) is 18.4 Å². The molecule has 0 aliphatic rings. The normalized spacial score (nSPS) is 10.3. The number of benzene rings is 1. The number of anilines is 1. The number of rotatable bonds is 5. The van der Waals surface area contributed by atoms with Crippen molar-refractivity contribution in [2.45, 2.75) is 26.2 Å². The highest BCUT2D eigenvalue weighted by Crippen LogP contribution is 2.25. The molecule has 0 bridgehead atoms. The lowest BCUT2D eigenvalue weighted by atomic mass is 10.1. The van der Waals surface area contributed by atoms with Gasteiger partial charge in [0.1, 0.15) is 0 Å². The molecule has 1 amide bonds. The number of hydrogen-bond donors (Lipinski definition) is 1. The van der Waals surface area contributed by atoms with Gasteiger partial charge in [-0.15, -0.1) is 0 Å². The minimum absolute atomic E-state index is 0.153. The molecule has 0 aliphatic carbocycles. The zero-order valence-corrected chi connectivity index (χ0v) is 13.0. The molecule has 0 fully saturated rings. The summed E-state index contributed by atoms with van der Waals surface area (Å²) in [5.74, 6) is -0.153. The van der Waals surface area contributed by atoms with Gasteiger partial charge in [-0.25, -0.2) is 0 Å². The van der Waals surface area contributed by atoms with Crippen LogP contribution in [0.25, 0.3) is 0 Å². The number of nitrogens with zero attached hydrogens (tertiary/aromatic N) is 1. The third-order valence-corrected chi connectivity index (χ3v) is 3.68. The van der Waals surface area contributed by atoms with Crippen LogP contribution in [0.5, 0.6) is 0 Å². The van der Waals surface area contributed by atoms with Crippen molar-refractivity contribution >= 4 is 27.5 Å². The average Bonchev–Trinajstić information content (AvgIpc) is 2.48. The zero-order valence-electron chi connectivity index (χ0n) is 11.4. The minimum atomic E-state index is -0.153. The van der Waals surface area contributed by atoms with E-state index in [4.69, 9.17) is 0 Å². The van der Waals surface area contributed by atoms with Crippen LogP contribution in [-0.2, 0) is 6.42 Å². The number of amides is 1. The van der Waals surface area contributed by atoms with E-state index < -0.39 is 0 Å². The quantitative estimate of drug-likeness (QED) is 0.879. The van der Waals surface area contributed by atoms with Crippen LogP contribution in [0.15, 0.2) is 47.2 Å². The number of hydrogen-bond acceptors (Lipinski definition) is 2. The summed E-state index contributed by atoms with van der Waals surface area (Å²) in [5.41, 5.74) is 2.60. The first-order chi connectivity index (χ1) is 9.70. The van der Waals surface area contributed by atoms with Crippen molar-refractivity contribution in [1.29, 1.82) is 0 Å². The van der Waals surface area contributed by atoms with Gasteiger partial charge in [0.05, 0.1) is 11.3 Å². The molecule has 4 heteroatoms. The van der Waals surface area contributed by atoms with Crippen LogP contribution in [0.3, 0.4) is 0 Å². The van der Waals surface area contributed by atoms with Gasteiger partial charge in [-0.1, -0.05) is 19.4 Å². The maximum Gasteiger partial charge on any atom is 0.257 e. The number of carbonyl (C=O) groups excluding carboxylic acids is 1. The second-order valence-corrected chi connectivity index (χ2v) is 5.47. The van der Waals surface area contributed by atoms with Gasteiger partial charge in [-0.05, 0) is 58.6 Å². The topological polar surface area (TPSA) is 42.0 Å². The number of aryl methyl sites for hydroxylation is 1. The van der Waals surface area contributed by atoms with Crippen LogP contribution >= 0.6 is 15.9 Å². The van der Waals surface area contributed by atoms with Crippen LogP contribution in [-0.4, -0.2) is 10.9 Å². The Morgan fingerprint density at radius 2 is 2.20 bits per heavy atom. The Morgan fingerprint density at radius 3 is 2.85 bits per heavy atom. The summed E-state index contributed by atoms with van der Waals surface area (Å²) in [6.07, 6.45) is 6.62. The molecule has 1 aromatic heterocycles. The van der Waals surface area contributed by atoms with E-state index in [1.54, 1.807) is 24.5 Å². The van der Waals surface area contributed by atoms with Crippen LogP contribution in [0.4, 0.5) is 5.69 Å². The summed E-state index contributed by atoms with van der Waals surface area (Å²) in [7, 11) is 0. The first-order valence-electron chi connectivity index (χ1n) is 6.70. The molecule has 0 atom stereocenters. The number of halogens is 1. The largest absolute Gasteiger partial charge is 0.321 e. The molecule has 0 aliphatic heterocycles. The molecular formula is C16H17BrN2O. The van der Waals surface area contributed by atoms with Crippen molar-refractivity contribution < 1.29 is 4.79 Å². The van der Waals surface area contributed by atoms with Crippen LogP contribution in [0.1, 0.15) is 35.7 Å². The van der Waals surface area contributed by atoms with E-state index >= 15 is 0 Å². The molecule has 1 heterocycles. The lowest BCUT2D eigenvalue weighted by molar-refractivity contribution is 0.102. The van der Waals surface area contributed by atoms with Crippen molar-refractivity contribution in [3.05, 3.63) is 58.3 Å². The van der Waals surface area contributed by atoms with E-state index in [0.29, 0.717) is 5.56 Å². The number of unbranched alkanes of at least 4 members (excludes halogenated alkanes) is 1. The molecule has 2 rings (SSSR count). The van der Waals surface area contributed by atoms with Crippen LogP contribution in [0, 0.1) is 0 Å². The molecule has 1 N–H and O–H groups in total. The van der Waals surface area contributed by atoms with E-state index in [1.807, 2.05) is 6.07 Å². The molecule has 104 valence electrons. The highest BCUT2D eigenvalue weighted by molar-refractivity contribution is 9.10. The summed E-state index contributed by atoms with van der Waals surface area (Å²) < 4.78 is 0.906. The maximum atomic E-state index is 12.1. The Labute approximate surface area is 127 Å². The van der Waals surface area contributed by atoms with Crippen molar-refractivity contribution in [3.63, 3.8) is 0 Å². The summed E-state index contributed by atoms with van der Waals surface area (Å²) in [6.45, 7) is 2.18. The fraction of sp³-hybridized carbons (Fsp3) is 0.250. The van der Waals surface area contributed by atoms with Gasteiger partial charge in [-0.3, -0.25) is 9.78 Å². The fourth-order valence-electron chi connectivity index (χ4n) is 1.89. The van der Waals surface area contributed by atoms with Crippen molar-refractivity contribution in [1.82, 2.24) is 4.98 Å². The van der Waals surface area contributed by atoms with Crippen molar-refractivity contribution in [2.24, 2.45) is 0 Å². The molecule has 0 radical (unpaired) electrons. The second-order valence-electron chi connectivity index (χ2n) is 4.61. The second kappa shape index (κ2) is 7.20. The molecule has 0 spiro atoms. The Hall–Kier alpha value is -1.68. The summed E-state index contributed by atoms with van der Waals surface area (Å²) in [4.78, 5) is 16.0. The molecule has 0 unspecified atom stereocenters. The van der Waals surface area contributed by atoms with Gasteiger partial charge < -0.3 is 5.32 Å². The van der Waals surface area contributed by atoms with Crippen molar-refractivity contribution in [2.75, 3.05) is 5.32 Å². The van der Waals surface area contributed by atoms with Gasteiger partial charge in [0.2, 0.25) is 0 Å². The monoisotopic (exact) mass is 332 g/mol. The zero-order chi connectivity index (χ0) is 14.4. The van der Waals surface area contributed by atoms with Gasteiger partial charge in [-0.2, -0.15) is 0 Å². The van der Waals surface area contributed by atoms with Crippen LogP contribution in [0.2, 0.25) is 0 Å². The molecule has 3 nitrogen and oxygen atoms in total. The minimum Gasteiger partial charge on any atom is -0.321 e. The lowest BCUT2D eigenvalue weighted by Crippen LogP contribution is -2.12. The molecular weight excluding hydrogens is 316 g/mol. The predicted molar refractivity (Wildman–Crippen MR) is 84.9 cm³/mol. The Bertz CT molecular complexity index is 584. The summed E-state index contributed by atoms with van der Waals surface area (Å²) in [5, 5.41) is 2.88. The predicted octanol–water partition coefficient (Wildman–Crippen LogP) is 4.44. The standard InChI is InChI=1S/C16H17BrN2O/c1-2-3-5-12-7-8-15(14(17)10-12)19-16(20)13-6-4-9-18-11-13/h4,6-11H,2-3,5H2,1H3,(H,19,20). The van der Waals surface area contributed by atoms with Gasteiger partial charge in [0.15, 0.2) is 0 Å². The van der Waals surface area contributed by atoms with E-state index in [-0.39, 0.29) is 5.91 Å². The Morgan fingerprint density at radius 1 is 1.35 bits per heavy atom. The van der Waals surface area contributed by atoms with Crippen LogP contribution < -0.4 is 5.32 Å². The molecule has 1 aromatic carbocycles. The van der Waals surface area contributed by atoms with Gasteiger partial charge in [0, 0.05) is 16.9 Å². The third kappa shape index (κ3) is 3.90. The smallest absolute Gasteiger partial charge is 0.257 e. The summed E-state index contributed by atoms with van der Waals surface area (Å²) in [6, 6.07) is 9.54. The maximum absolute atomic E-state index is 12.1. The van der Waals surface area contributed by atoms with E-state index in [0.717, 1.165) is 16.6 Å². The summed E-state index contributed by atoms with van der Waals surface area (Å²) >= 11 is 3.51. The fourth-order valence-corrected chi connectivity index (χ4v) is 2.41. The first kappa shape index (κ1) is 14.7. The number of aromatic nitrogens is 1. The molecule has 0 saturated heterocycles. The SMILES string of the molecule is CCCCc1ccc(NC(=O)c2cccnc2)c(Br)c1. The Kier molecular flexibility index (Phi) is 5.30. The molecule has 2 aromatic rings. The number of nitrogens with one attached hydrogen (secondary N) is 1. The lowest BCUT2D eigenvalue weighted by Gasteiger charge is -2.09. The Balaban J connectivity index is 2.08. The highest BCUT2D eigenvalue weighted by atomic mass is 79.9. The highest BCUT2D eigenvalue weighted by Gasteiger charge is 2.08. The van der Waals surface area contributed by atoms with Crippen molar-refractivity contribution in [3.8, 4) is 0 Å². The third-order valence-electron chi connectivity index (χ3n) is 3.02. The van der Waals surface area contributed by atoms with Gasteiger partial charge in [0.25, 0.3) is 5.91 Å². The molecule has 0 saturated carbocycles. The van der Waals surface area contributed by atoms with E-state index in [2.05, 4.69) is 45.3 Å². The first-order valence-corrected chi connectivity index (χ1v) is 7.50. The average molecular weight is 333 g/mol. The molecule has 20 heavy (non-hydrogen) atoms. The van der Waals surface area contributed by atoms with E-state index in [9.17, 15) is 4.79 Å². The number of pyridine rings is 1. The number of carbonyl (C=O) groups is 1.